The molecule has 0 saturated carbocycles. The second kappa shape index (κ2) is 9.31. The Balaban J connectivity index is 1.76. The van der Waals surface area contributed by atoms with E-state index in [1.807, 2.05) is 12.1 Å². The summed E-state index contributed by atoms with van der Waals surface area (Å²) < 4.78 is 12.3. The maximum absolute atomic E-state index is 13.5. The van der Waals surface area contributed by atoms with Gasteiger partial charge in [0.1, 0.15) is 17.2 Å². The summed E-state index contributed by atoms with van der Waals surface area (Å²) in [6, 6.07) is 17.9. The Kier molecular flexibility index (Phi) is 6.27. The topological polar surface area (TPSA) is 95.1 Å². The standard InChI is InChI=1S/C27H27N3O4/c1-16(2)17-8-10-18(11-9-17)26(31)25-24(28)23(21-7-5-6-14-30(21)25)27(32)29-20-13-12-19(33-3)15-22(20)34-4/h5-16H,28H2,1-4H3,(H,29,32). The van der Waals surface area contributed by atoms with Crippen LogP contribution in [0.2, 0.25) is 0 Å². The number of fused-ring (bicyclic) bond motifs is 1. The number of nitrogens with one attached hydrogen (secondary N) is 1. The average molecular weight is 458 g/mol. The summed E-state index contributed by atoms with van der Waals surface area (Å²) in [5, 5.41) is 2.85. The summed E-state index contributed by atoms with van der Waals surface area (Å²) in [7, 11) is 3.06. The smallest absolute Gasteiger partial charge is 0.260 e. The van der Waals surface area contributed by atoms with Crippen molar-refractivity contribution in [3.05, 3.63) is 89.2 Å². The molecule has 0 aliphatic heterocycles. The first-order chi connectivity index (χ1) is 16.3. The summed E-state index contributed by atoms with van der Waals surface area (Å²) in [5.41, 5.74) is 9.67. The predicted molar refractivity (Wildman–Crippen MR) is 133 cm³/mol. The van der Waals surface area contributed by atoms with Crippen LogP contribution in [-0.4, -0.2) is 30.3 Å². The van der Waals surface area contributed by atoms with E-state index in [9.17, 15) is 9.59 Å². The van der Waals surface area contributed by atoms with Crippen LogP contribution < -0.4 is 20.5 Å². The summed E-state index contributed by atoms with van der Waals surface area (Å²) in [5.74, 6) is 0.693. The van der Waals surface area contributed by atoms with Gasteiger partial charge in [-0.05, 0) is 35.7 Å². The van der Waals surface area contributed by atoms with Gasteiger partial charge in [0.15, 0.2) is 0 Å². The van der Waals surface area contributed by atoms with Crippen molar-refractivity contribution >= 4 is 28.6 Å². The zero-order chi connectivity index (χ0) is 24.4. The van der Waals surface area contributed by atoms with Gasteiger partial charge in [-0.3, -0.25) is 9.59 Å². The molecule has 0 radical (unpaired) electrons. The third-order valence-electron chi connectivity index (χ3n) is 5.82. The van der Waals surface area contributed by atoms with Crippen LogP contribution in [0.4, 0.5) is 11.4 Å². The van der Waals surface area contributed by atoms with E-state index in [1.165, 1.54) is 7.11 Å². The summed E-state index contributed by atoms with van der Waals surface area (Å²) >= 11 is 0. The fourth-order valence-corrected chi connectivity index (χ4v) is 3.94. The van der Waals surface area contributed by atoms with Gasteiger partial charge in [-0.2, -0.15) is 0 Å². The lowest BCUT2D eigenvalue weighted by atomic mass is 9.99. The summed E-state index contributed by atoms with van der Waals surface area (Å²) in [4.78, 5) is 26.8. The van der Waals surface area contributed by atoms with Crippen LogP contribution in [0.25, 0.3) is 5.52 Å². The van der Waals surface area contributed by atoms with E-state index in [1.54, 1.807) is 66.2 Å². The van der Waals surface area contributed by atoms with Crippen molar-refractivity contribution in [2.45, 2.75) is 19.8 Å². The average Bonchev–Trinajstić information content (AvgIpc) is 3.15. The van der Waals surface area contributed by atoms with Gasteiger partial charge >= 0.3 is 0 Å². The quantitative estimate of drug-likeness (QED) is 0.375. The van der Waals surface area contributed by atoms with Crippen LogP contribution in [0, 0.1) is 0 Å². The first-order valence-corrected chi connectivity index (χ1v) is 10.9. The normalized spacial score (nSPS) is 11.0. The van der Waals surface area contributed by atoms with Gasteiger partial charge in [0, 0.05) is 17.8 Å². The molecule has 7 nitrogen and oxygen atoms in total. The molecule has 2 aromatic heterocycles. The molecule has 3 N–H and O–H groups in total. The molecule has 4 aromatic rings. The fraction of sp³-hybridized carbons (Fsp3) is 0.185. The lowest BCUT2D eigenvalue weighted by molar-refractivity contribution is 0.102. The zero-order valence-corrected chi connectivity index (χ0v) is 19.6. The lowest BCUT2D eigenvalue weighted by Crippen LogP contribution is -2.14. The molecule has 0 spiro atoms. The Bertz CT molecular complexity index is 1370. The number of hydrogen-bond acceptors (Lipinski definition) is 5. The van der Waals surface area contributed by atoms with Crippen molar-refractivity contribution in [2.75, 3.05) is 25.3 Å². The number of amides is 1. The number of hydrogen-bond donors (Lipinski definition) is 2. The van der Waals surface area contributed by atoms with Gasteiger partial charge in [0.05, 0.1) is 36.7 Å². The molecule has 0 bridgehead atoms. The van der Waals surface area contributed by atoms with Gasteiger partial charge in [0.25, 0.3) is 5.91 Å². The van der Waals surface area contributed by atoms with Crippen molar-refractivity contribution in [2.24, 2.45) is 0 Å². The first kappa shape index (κ1) is 22.9. The summed E-state index contributed by atoms with van der Waals surface area (Å²) in [6.45, 7) is 4.19. The minimum absolute atomic E-state index is 0.120. The number of nitrogens with zero attached hydrogens (tertiary/aromatic N) is 1. The van der Waals surface area contributed by atoms with Gasteiger partial charge in [-0.15, -0.1) is 0 Å². The monoisotopic (exact) mass is 457 g/mol. The van der Waals surface area contributed by atoms with Crippen LogP contribution in [-0.2, 0) is 0 Å². The van der Waals surface area contributed by atoms with Crippen LogP contribution in [0.1, 0.15) is 51.7 Å². The van der Waals surface area contributed by atoms with Gasteiger partial charge in [-0.25, -0.2) is 0 Å². The maximum Gasteiger partial charge on any atom is 0.260 e. The molecule has 0 atom stereocenters. The molecule has 0 aliphatic rings. The Morgan fingerprint density at radius 1 is 0.971 bits per heavy atom. The molecule has 2 heterocycles. The number of nitrogen functional groups attached to an aromatic ring is 1. The van der Waals surface area contributed by atoms with E-state index < -0.39 is 5.91 Å². The number of rotatable bonds is 7. The van der Waals surface area contributed by atoms with Gasteiger partial charge < -0.3 is 24.9 Å². The highest BCUT2D eigenvalue weighted by molar-refractivity contribution is 6.20. The Morgan fingerprint density at radius 2 is 1.71 bits per heavy atom. The number of ketones is 1. The number of nitrogens with two attached hydrogens (primary N) is 1. The van der Waals surface area contributed by atoms with E-state index >= 15 is 0 Å². The van der Waals surface area contributed by atoms with Crippen molar-refractivity contribution in [3.8, 4) is 11.5 Å². The van der Waals surface area contributed by atoms with E-state index in [0.29, 0.717) is 34.2 Å². The Morgan fingerprint density at radius 3 is 2.35 bits per heavy atom. The number of carbonyl (C=O) groups is 2. The van der Waals surface area contributed by atoms with Crippen molar-refractivity contribution in [1.82, 2.24) is 4.40 Å². The molecule has 1 amide bonds. The minimum atomic E-state index is -0.445. The molecular weight excluding hydrogens is 430 g/mol. The van der Waals surface area contributed by atoms with Gasteiger partial charge in [-0.1, -0.05) is 44.2 Å². The van der Waals surface area contributed by atoms with E-state index in [-0.39, 0.29) is 22.7 Å². The molecule has 174 valence electrons. The van der Waals surface area contributed by atoms with Crippen molar-refractivity contribution in [3.63, 3.8) is 0 Å². The fourth-order valence-electron chi connectivity index (χ4n) is 3.94. The number of anilines is 2. The maximum atomic E-state index is 13.5. The molecule has 0 unspecified atom stereocenters. The number of pyridine rings is 1. The lowest BCUT2D eigenvalue weighted by Gasteiger charge is -2.12. The minimum Gasteiger partial charge on any atom is -0.497 e. The predicted octanol–water partition coefficient (Wildman–Crippen LogP) is 5.15. The number of benzene rings is 2. The second-order valence-electron chi connectivity index (χ2n) is 8.22. The Hall–Kier alpha value is -4.26. The van der Waals surface area contributed by atoms with E-state index in [0.717, 1.165) is 5.56 Å². The molecule has 2 aromatic carbocycles. The first-order valence-electron chi connectivity index (χ1n) is 10.9. The van der Waals surface area contributed by atoms with Crippen LogP contribution >= 0.6 is 0 Å². The molecule has 4 rings (SSSR count). The second-order valence-corrected chi connectivity index (χ2v) is 8.22. The van der Waals surface area contributed by atoms with Gasteiger partial charge in [0.2, 0.25) is 5.78 Å². The molecule has 7 heteroatoms. The molecule has 0 aliphatic carbocycles. The SMILES string of the molecule is COc1ccc(NC(=O)c2c(N)c(C(=O)c3ccc(C(C)C)cc3)n3ccccc23)c(OC)c1. The molecule has 0 saturated heterocycles. The molecule has 0 fully saturated rings. The third-order valence-corrected chi connectivity index (χ3v) is 5.82. The van der Waals surface area contributed by atoms with Crippen molar-refractivity contribution < 1.29 is 19.1 Å². The van der Waals surface area contributed by atoms with Crippen LogP contribution in [0.15, 0.2) is 66.9 Å². The number of aromatic nitrogens is 1. The number of ether oxygens (including phenoxy) is 2. The third kappa shape index (κ3) is 4.08. The Labute approximate surface area is 198 Å². The highest BCUT2D eigenvalue weighted by Gasteiger charge is 2.26. The van der Waals surface area contributed by atoms with E-state index in [2.05, 4.69) is 19.2 Å². The van der Waals surface area contributed by atoms with Crippen LogP contribution in [0.5, 0.6) is 11.5 Å². The number of methoxy groups -OCH3 is 2. The summed E-state index contributed by atoms with van der Waals surface area (Å²) in [6.07, 6.45) is 1.73. The van der Waals surface area contributed by atoms with Crippen LogP contribution in [0.3, 0.4) is 0 Å². The molecule has 34 heavy (non-hydrogen) atoms. The molecular formula is C27H27N3O4. The highest BCUT2D eigenvalue weighted by atomic mass is 16.5. The highest BCUT2D eigenvalue weighted by Crippen LogP contribution is 2.33. The van der Waals surface area contributed by atoms with Crippen molar-refractivity contribution in [1.29, 1.82) is 0 Å². The largest absolute Gasteiger partial charge is 0.497 e. The zero-order valence-electron chi connectivity index (χ0n) is 19.6. The number of carbonyl (C=O) groups excluding carboxylic acids is 2. The van der Waals surface area contributed by atoms with E-state index in [4.69, 9.17) is 15.2 Å².